The number of hydrogen-bond donors (Lipinski definition) is 2. The van der Waals surface area contributed by atoms with Crippen LogP contribution in [-0.4, -0.2) is 18.2 Å². The normalized spacial score (nSPS) is 20.2. The van der Waals surface area contributed by atoms with E-state index in [9.17, 15) is 8.78 Å². The van der Waals surface area contributed by atoms with Gasteiger partial charge >= 0.3 is 0 Å². The molecular weight excluding hydrogens is 210 g/mol. The minimum absolute atomic E-state index is 0.0885. The van der Waals surface area contributed by atoms with Gasteiger partial charge in [-0.15, -0.1) is 0 Å². The predicted molar refractivity (Wildman–Crippen MR) is 62.1 cm³/mol. The van der Waals surface area contributed by atoms with Crippen LogP contribution in [0.5, 0.6) is 0 Å². The van der Waals surface area contributed by atoms with E-state index in [2.05, 4.69) is 5.32 Å². The van der Waals surface area contributed by atoms with Crippen molar-refractivity contribution < 1.29 is 8.78 Å². The summed E-state index contributed by atoms with van der Waals surface area (Å²) in [5.41, 5.74) is 0.229. The fraction of sp³-hybridized carbons (Fsp3) is 0.750. The Hall–Kier alpha value is -0.930. The first-order valence-corrected chi connectivity index (χ1v) is 5.81. The monoisotopic (exact) mass is 230 g/mol. The molecule has 92 valence electrons. The average Bonchev–Trinajstić information content (AvgIpc) is 2.25. The SMILES string of the molecule is C/C(C=N)=C(/NC1CCCCC1)C(C)(F)F. The second-order valence-electron chi connectivity index (χ2n) is 4.57. The van der Waals surface area contributed by atoms with Crippen LogP contribution in [0.1, 0.15) is 46.0 Å². The molecule has 0 aliphatic heterocycles. The lowest BCUT2D eigenvalue weighted by Gasteiger charge is -2.28. The van der Waals surface area contributed by atoms with Crippen LogP contribution in [0.3, 0.4) is 0 Å². The molecule has 0 heterocycles. The molecule has 1 rings (SSSR count). The topological polar surface area (TPSA) is 35.9 Å². The van der Waals surface area contributed by atoms with Crippen molar-refractivity contribution >= 4 is 6.21 Å². The summed E-state index contributed by atoms with van der Waals surface area (Å²) in [6.45, 7) is 2.43. The molecule has 0 radical (unpaired) electrons. The van der Waals surface area contributed by atoms with Crippen molar-refractivity contribution in [1.82, 2.24) is 5.32 Å². The van der Waals surface area contributed by atoms with Crippen molar-refractivity contribution in [3.63, 3.8) is 0 Å². The summed E-state index contributed by atoms with van der Waals surface area (Å²) in [7, 11) is 0. The van der Waals surface area contributed by atoms with Gasteiger partial charge in [0, 0.05) is 19.2 Å². The van der Waals surface area contributed by atoms with E-state index in [1.165, 1.54) is 6.42 Å². The van der Waals surface area contributed by atoms with Gasteiger partial charge in [-0.25, -0.2) is 8.78 Å². The molecule has 0 saturated heterocycles. The largest absolute Gasteiger partial charge is 0.381 e. The van der Waals surface area contributed by atoms with E-state index in [4.69, 9.17) is 5.41 Å². The summed E-state index contributed by atoms with van der Waals surface area (Å²) in [6.07, 6.45) is 6.29. The summed E-state index contributed by atoms with van der Waals surface area (Å²) in [6, 6.07) is 0.143. The van der Waals surface area contributed by atoms with E-state index >= 15 is 0 Å². The molecule has 16 heavy (non-hydrogen) atoms. The second kappa shape index (κ2) is 5.41. The smallest absolute Gasteiger partial charge is 0.284 e. The molecule has 0 bridgehead atoms. The molecule has 1 fully saturated rings. The third-order valence-electron chi connectivity index (χ3n) is 3.00. The summed E-state index contributed by atoms with van der Waals surface area (Å²) in [5.74, 6) is -2.89. The Morgan fingerprint density at radius 3 is 2.31 bits per heavy atom. The van der Waals surface area contributed by atoms with Gasteiger partial charge in [-0.2, -0.15) is 0 Å². The first-order chi connectivity index (χ1) is 7.45. The number of halogens is 2. The Balaban J connectivity index is 2.75. The zero-order chi connectivity index (χ0) is 12.2. The second-order valence-corrected chi connectivity index (χ2v) is 4.57. The lowest BCUT2D eigenvalue weighted by molar-refractivity contribution is 0.0518. The van der Waals surface area contributed by atoms with E-state index in [-0.39, 0.29) is 11.7 Å². The Morgan fingerprint density at radius 2 is 1.88 bits per heavy atom. The molecule has 2 nitrogen and oxygen atoms in total. The first-order valence-electron chi connectivity index (χ1n) is 5.81. The fourth-order valence-electron chi connectivity index (χ4n) is 2.11. The van der Waals surface area contributed by atoms with Crippen molar-refractivity contribution in [3.8, 4) is 0 Å². The van der Waals surface area contributed by atoms with Gasteiger partial charge in [0.1, 0.15) is 0 Å². The summed E-state index contributed by atoms with van der Waals surface area (Å²) in [4.78, 5) is 0. The Morgan fingerprint density at radius 1 is 1.31 bits per heavy atom. The average molecular weight is 230 g/mol. The molecule has 1 aliphatic carbocycles. The number of hydrogen-bond acceptors (Lipinski definition) is 2. The highest BCUT2D eigenvalue weighted by atomic mass is 19.3. The van der Waals surface area contributed by atoms with E-state index in [1.54, 1.807) is 6.92 Å². The van der Waals surface area contributed by atoms with Crippen molar-refractivity contribution in [2.75, 3.05) is 0 Å². The summed E-state index contributed by atoms with van der Waals surface area (Å²) >= 11 is 0. The van der Waals surface area contributed by atoms with E-state index in [1.807, 2.05) is 0 Å². The van der Waals surface area contributed by atoms with Crippen LogP contribution in [0.2, 0.25) is 0 Å². The molecule has 0 aromatic carbocycles. The Labute approximate surface area is 95.6 Å². The van der Waals surface area contributed by atoms with Crippen LogP contribution in [-0.2, 0) is 0 Å². The Kier molecular flexibility index (Phi) is 4.44. The van der Waals surface area contributed by atoms with Crippen molar-refractivity contribution in [2.24, 2.45) is 0 Å². The van der Waals surface area contributed by atoms with Crippen molar-refractivity contribution in [2.45, 2.75) is 57.9 Å². The van der Waals surface area contributed by atoms with Gasteiger partial charge in [-0.3, -0.25) is 0 Å². The Bertz CT molecular complexity index is 273. The molecule has 1 aliphatic rings. The highest BCUT2D eigenvalue weighted by molar-refractivity contribution is 5.76. The van der Waals surface area contributed by atoms with Crippen LogP contribution in [0.15, 0.2) is 11.3 Å². The van der Waals surface area contributed by atoms with Crippen LogP contribution in [0.25, 0.3) is 0 Å². The quantitative estimate of drug-likeness (QED) is 0.712. The minimum atomic E-state index is -2.89. The molecule has 4 heteroatoms. The molecule has 0 aromatic rings. The van der Waals surface area contributed by atoms with Gasteiger partial charge in [0.2, 0.25) is 0 Å². The van der Waals surface area contributed by atoms with E-state index in [0.29, 0.717) is 5.57 Å². The fourth-order valence-corrected chi connectivity index (χ4v) is 2.11. The third-order valence-corrected chi connectivity index (χ3v) is 3.00. The van der Waals surface area contributed by atoms with E-state index < -0.39 is 5.92 Å². The maximum absolute atomic E-state index is 13.4. The van der Waals surface area contributed by atoms with Crippen LogP contribution < -0.4 is 5.32 Å². The molecule has 1 saturated carbocycles. The van der Waals surface area contributed by atoms with Gasteiger partial charge < -0.3 is 10.7 Å². The van der Waals surface area contributed by atoms with Gasteiger partial charge in [0.15, 0.2) is 0 Å². The zero-order valence-corrected chi connectivity index (χ0v) is 9.95. The van der Waals surface area contributed by atoms with Crippen LogP contribution >= 0.6 is 0 Å². The van der Waals surface area contributed by atoms with Crippen molar-refractivity contribution in [3.05, 3.63) is 11.3 Å². The van der Waals surface area contributed by atoms with Gasteiger partial charge in [-0.1, -0.05) is 19.3 Å². The summed E-state index contributed by atoms with van der Waals surface area (Å²) in [5, 5.41) is 10.0. The molecule has 0 unspecified atom stereocenters. The van der Waals surface area contributed by atoms with Gasteiger partial charge in [0.05, 0.1) is 5.70 Å². The maximum Gasteiger partial charge on any atom is 0.284 e. The predicted octanol–water partition coefficient (Wildman–Crippen LogP) is 3.49. The van der Waals surface area contributed by atoms with Gasteiger partial charge in [-0.05, 0) is 25.3 Å². The highest BCUT2D eigenvalue weighted by Gasteiger charge is 2.31. The lowest BCUT2D eigenvalue weighted by atomic mass is 9.94. The van der Waals surface area contributed by atoms with Crippen LogP contribution in [0, 0.1) is 5.41 Å². The molecule has 0 atom stereocenters. The molecule has 2 N–H and O–H groups in total. The highest BCUT2D eigenvalue weighted by Crippen LogP contribution is 2.26. The number of allylic oxidation sites excluding steroid dienone is 2. The van der Waals surface area contributed by atoms with Crippen molar-refractivity contribution in [1.29, 1.82) is 5.41 Å². The number of alkyl halides is 2. The minimum Gasteiger partial charge on any atom is -0.381 e. The van der Waals surface area contributed by atoms with Crippen LogP contribution in [0.4, 0.5) is 8.78 Å². The molecule has 0 aromatic heterocycles. The third kappa shape index (κ3) is 3.58. The van der Waals surface area contributed by atoms with Gasteiger partial charge in [0.25, 0.3) is 5.92 Å². The summed E-state index contributed by atoms with van der Waals surface area (Å²) < 4.78 is 26.7. The lowest BCUT2D eigenvalue weighted by Crippen LogP contribution is -2.37. The maximum atomic E-state index is 13.4. The number of rotatable bonds is 4. The first kappa shape index (κ1) is 13.1. The standard InChI is InChI=1S/C12H20F2N2/c1-9(8-15)11(12(2,13)14)16-10-6-4-3-5-7-10/h8,10,15-16H,3-7H2,1-2H3/b11-9-,15-8?. The zero-order valence-electron chi connectivity index (χ0n) is 9.95. The molecule has 0 spiro atoms. The van der Waals surface area contributed by atoms with E-state index in [0.717, 1.165) is 38.8 Å². The molecule has 0 amide bonds. The number of nitrogens with one attached hydrogen (secondary N) is 2. The molecular formula is C12H20F2N2.